The predicted octanol–water partition coefficient (Wildman–Crippen LogP) is 3.09. The third kappa shape index (κ3) is 3.12. The molecule has 1 heterocycles. The Kier molecular flexibility index (Phi) is 4.11. The van der Waals surface area contributed by atoms with Crippen LogP contribution in [0, 0.1) is 13.8 Å². The summed E-state index contributed by atoms with van der Waals surface area (Å²) in [6, 6.07) is 14.0. The molecule has 0 bridgehead atoms. The topological polar surface area (TPSA) is 47.3 Å². The Labute approximate surface area is 130 Å². The lowest BCUT2D eigenvalue weighted by Crippen LogP contribution is -2.23. The fraction of sp³-hybridized carbons (Fsp3) is 0.278. The first kappa shape index (κ1) is 14.6. The normalized spacial score (nSPS) is 12.5. The van der Waals surface area contributed by atoms with E-state index in [1.807, 2.05) is 54.9 Å². The molecule has 0 spiro atoms. The van der Waals surface area contributed by atoms with Crippen molar-refractivity contribution in [2.24, 2.45) is 0 Å². The smallest absolute Gasteiger partial charge is 0.127 e. The summed E-state index contributed by atoms with van der Waals surface area (Å²) in [5, 5.41) is 12.4. The van der Waals surface area contributed by atoms with Crippen LogP contribution >= 0.6 is 0 Å². The number of hydrogen-bond acceptors (Lipinski definition) is 3. The Bertz CT molecular complexity index is 774. The maximum atomic E-state index is 10.2. The van der Waals surface area contributed by atoms with Crippen LogP contribution in [-0.4, -0.2) is 27.4 Å². The minimum absolute atomic E-state index is 0.255. The van der Waals surface area contributed by atoms with Crippen molar-refractivity contribution in [1.82, 2.24) is 9.55 Å². The molecule has 0 saturated carbocycles. The van der Waals surface area contributed by atoms with Crippen LogP contribution in [0.2, 0.25) is 0 Å². The third-order valence-corrected chi connectivity index (χ3v) is 3.68. The van der Waals surface area contributed by atoms with Crippen molar-refractivity contribution < 1.29 is 9.84 Å². The van der Waals surface area contributed by atoms with Gasteiger partial charge in [0.25, 0.3) is 0 Å². The van der Waals surface area contributed by atoms with Crippen molar-refractivity contribution in [1.29, 1.82) is 0 Å². The molecule has 0 saturated heterocycles. The SMILES string of the molecule is Cc1cn(CC(O)COc2cccc3ccccc23)c(C)n1. The second-order valence-electron chi connectivity index (χ2n) is 5.52. The maximum absolute atomic E-state index is 10.2. The van der Waals surface area contributed by atoms with E-state index in [9.17, 15) is 5.11 Å². The summed E-state index contributed by atoms with van der Waals surface area (Å²) in [6.07, 6.45) is 1.36. The van der Waals surface area contributed by atoms with Gasteiger partial charge in [-0.25, -0.2) is 4.98 Å². The molecule has 0 aliphatic carbocycles. The van der Waals surface area contributed by atoms with Crippen molar-refractivity contribution in [3.63, 3.8) is 0 Å². The van der Waals surface area contributed by atoms with E-state index >= 15 is 0 Å². The predicted molar refractivity (Wildman–Crippen MR) is 87.2 cm³/mol. The first-order valence-electron chi connectivity index (χ1n) is 7.42. The lowest BCUT2D eigenvalue weighted by molar-refractivity contribution is 0.0927. The Morgan fingerprint density at radius 2 is 1.91 bits per heavy atom. The number of imidazole rings is 1. The molecule has 3 aromatic rings. The Balaban J connectivity index is 1.67. The van der Waals surface area contributed by atoms with Crippen molar-refractivity contribution in [3.05, 3.63) is 60.2 Å². The zero-order valence-corrected chi connectivity index (χ0v) is 12.9. The van der Waals surface area contributed by atoms with E-state index in [0.717, 1.165) is 28.0 Å². The number of aromatic nitrogens is 2. The van der Waals surface area contributed by atoms with E-state index in [0.29, 0.717) is 6.54 Å². The molecule has 1 aromatic heterocycles. The van der Waals surface area contributed by atoms with Gasteiger partial charge < -0.3 is 14.4 Å². The fourth-order valence-electron chi connectivity index (χ4n) is 2.64. The summed E-state index contributed by atoms with van der Waals surface area (Å²) in [6.45, 7) is 4.62. The van der Waals surface area contributed by atoms with E-state index < -0.39 is 6.10 Å². The maximum Gasteiger partial charge on any atom is 0.127 e. The van der Waals surface area contributed by atoms with Crippen LogP contribution in [0.4, 0.5) is 0 Å². The molecule has 1 unspecified atom stereocenters. The van der Waals surface area contributed by atoms with Crippen LogP contribution < -0.4 is 4.74 Å². The average molecular weight is 296 g/mol. The van der Waals surface area contributed by atoms with E-state index in [2.05, 4.69) is 17.1 Å². The Morgan fingerprint density at radius 1 is 1.14 bits per heavy atom. The van der Waals surface area contributed by atoms with Gasteiger partial charge in [-0.2, -0.15) is 0 Å². The van der Waals surface area contributed by atoms with Gasteiger partial charge in [0.15, 0.2) is 0 Å². The van der Waals surface area contributed by atoms with Gasteiger partial charge in [0.2, 0.25) is 0 Å². The van der Waals surface area contributed by atoms with E-state index in [1.54, 1.807) is 0 Å². The largest absolute Gasteiger partial charge is 0.490 e. The van der Waals surface area contributed by atoms with Gasteiger partial charge in [-0.1, -0.05) is 36.4 Å². The molecule has 1 atom stereocenters. The van der Waals surface area contributed by atoms with Crippen LogP contribution in [-0.2, 0) is 6.54 Å². The number of nitrogens with zero attached hydrogens (tertiary/aromatic N) is 2. The zero-order chi connectivity index (χ0) is 15.5. The van der Waals surface area contributed by atoms with Gasteiger partial charge >= 0.3 is 0 Å². The summed E-state index contributed by atoms with van der Waals surface area (Å²) in [7, 11) is 0. The van der Waals surface area contributed by atoms with Crippen molar-refractivity contribution in [2.45, 2.75) is 26.5 Å². The number of rotatable bonds is 5. The Hall–Kier alpha value is -2.33. The van der Waals surface area contributed by atoms with E-state index in [4.69, 9.17) is 4.74 Å². The summed E-state index contributed by atoms with van der Waals surface area (Å²) < 4.78 is 7.77. The molecular formula is C18H20N2O2. The molecule has 0 aliphatic rings. The highest BCUT2D eigenvalue weighted by Crippen LogP contribution is 2.25. The molecule has 0 radical (unpaired) electrons. The zero-order valence-electron chi connectivity index (χ0n) is 12.9. The van der Waals surface area contributed by atoms with Crippen LogP contribution in [0.5, 0.6) is 5.75 Å². The van der Waals surface area contributed by atoms with Crippen LogP contribution in [0.25, 0.3) is 10.8 Å². The highest BCUT2D eigenvalue weighted by atomic mass is 16.5. The van der Waals surface area contributed by atoms with Gasteiger partial charge in [-0.15, -0.1) is 0 Å². The van der Waals surface area contributed by atoms with Gasteiger partial charge in [0, 0.05) is 11.6 Å². The number of ether oxygens (including phenoxy) is 1. The fourth-order valence-corrected chi connectivity index (χ4v) is 2.64. The molecule has 4 nitrogen and oxygen atoms in total. The monoisotopic (exact) mass is 296 g/mol. The van der Waals surface area contributed by atoms with E-state index in [1.165, 1.54) is 0 Å². The summed E-state index contributed by atoms with van der Waals surface area (Å²) >= 11 is 0. The molecule has 22 heavy (non-hydrogen) atoms. The lowest BCUT2D eigenvalue weighted by Gasteiger charge is -2.15. The second kappa shape index (κ2) is 6.20. The quantitative estimate of drug-likeness (QED) is 0.787. The highest BCUT2D eigenvalue weighted by Gasteiger charge is 2.10. The number of hydrogen-bond donors (Lipinski definition) is 1. The second-order valence-corrected chi connectivity index (χ2v) is 5.52. The van der Waals surface area contributed by atoms with E-state index in [-0.39, 0.29) is 6.61 Å². The summed E-state index contributed by atoms with van der Waals surface area (Å²) in [4.78, 5) is 4.33. The first-order chi connectivity index (χ1) is 10.6. The molecule has 0 aliphatic heterocycles. The molecule has 114 valence electrons. The average Bonchev–Trinajstić information content (AvgIpc) is 2.82. The Morgan fingerprint density at radius 3 is 2.68 bits per heavy atom. The first-order valence-corrected chi connectivity index (χ1v) is 7.42. The van der Waals surface area contributed by atoms with Crippen LogP contribution in [0.1, 0.15) is 11.5 Å². The van der Waals surface area contributed by atoms with Gasteiger partial charge in [-0.05, 0) is 25.3 Å². The molecule has 0 amide bonds. The third-order valence-electron chi connectivity index (χ3n) is 3.68. The number of fused-ring (bicyclic) bond motifs is 1. The highest BCUT2D eigenvalue weighted by molar-refractivity contribution is 5.88. The van der Waals surface area contributed by atoms with Gasteiger partial charge in [0.1, 0.15) is 24.3 Å². The minimum Gasteiger partial charge on any atom is -0.490 e. The van der Waals surface area contributed by atoms with Gasteiger partial charge in [-0.3, -0.25) is 0 Å². The molecule has 3 rings (SSSR count). The lowest BCUT2D eigenvalue weighted by atomic mass is 10.1. The summed E-state index contributed by atoms with van der Waals surface area (Å²) in [5.74, 6) is 1.71. The minimum atomic E-state index is -0.578. The van der Waals surface area contributed by atoms with Gasteiger partial charge in [0.05, 0.1) is 12.2 Å². The number of aliphatic hydroxyl groups is 1. The molecule has 1 N–H and O–H groups in total. The molecule has 4 heteroatoms. The molecular weight excluding hydrogens is 276 g/mol. The van der Waals surface area contributed by atoms with Crippen molar-refractivity contribution in [2.75, 3.05) is 6.61 Å². The van der Waals surface area contributed by atoms with Crippen LogP contribution in [0.15, 0.2) is 48.7 Å². The molecule has 0 fully saturated rings. The number of aryl methyl sites for hydroxylation is 2. The van der Waals surface area contributed by atoms with Crippen LogP contribution in [0.3, 0.4) is 0 Å². The number of benzene rings is 2. The summed E-state index contributed by atoms with van der Waals surface area (Å²) in [5.41, 5.74) is 0.958. The standard InChI is InChI=1S/C18H20N2O2/c1-13-10-20(14(2)19-13)11-16(21)12-22-18-9-5-7-15-6-3-4-8-17(15)18/h3-10,16,21H,11-12H2,1-2H3. The van der Waals surface area contributed by atoms with Crippen molar-refractivity contribution >= 4 is 10.8 Å². The molecule has 2 aromatic carbocycles. The van der Waals surface area contributed by atoms with Crippen molar-refractivity contribution in [3.8, 4) is 5.75 Å². The number of aliphatic hydroxyl groups excluding tert-OH is 1.